The van der Waals surface area contributed by atoms with Gasteiger partial charge in [0.25, 0.3) is 11.8 Å². The van der Waals surface area contributed by atoms with E-state index < -0.39 is 6.04 Å². The lowest BCUT2D eigenvalue weighted by molar-refractivity contribution is -0.128. The number of fused-ring (bicyclic) bond motifs is 8. The Bertz CT molecular complexity index is 3020. The molecule has 400 valence electrons. The van der Waals surface area contributed by atoms with Crippen LogP contribution in [0.2, 0.25) is 0 Å². The van der Waals surface area contributed by atoms with E-state index in [2.05, 4.69) is 18.3 Å². The van der Waals surface area contributed by atoms with E-state index in [1.165, 1.54) is 5.57 Å². The zero-order chi connectivity index (χ0) is 53.6. The van der Waals surface area contributed by atoms with Gasteiger partial charge in [-0.25, -0.2) is 0 Å². The number of ketones is 1. The predicted octanol–water partition coefficient (Wildman–Crippen LogP) is 10.5. The van der Waals surface area contributed by atoms with Crippen LogP contribution in [-0.4, -0.2) is 92.9 Å². The maximum absolute atomic E-state index is 14.1. The summed E-state index contributed by atoms with van der Waals surface area (Å²) in [5, 5.41) is 3.01. The van der Waals surface area contributed by atoms with Gasteiger partial charge in [0.1, 0.15) is 19.0 Å². The fourth-order valence-electron chi connectivity index (χ4n) is 10.8. The van der Waals surface area contributed by atoms with Gasteiger partial charge >= 0.3 is 0 Å². The van der Waals surface area contributed by atoms with Crippen molar-refractivity contribution in [2.45, 2.75) is 96.6 Å². The maximum Gasteiger partial charge on any atom is 0.261 e. The minimum atomic E-state index is -0.459. The van der Waals surface area contributed by atoms with Crippen LogP contribution in [0.25, 0.3) is 0 Å². The van der Waals surface area contributed by atoms with E-state index in [9.17, 15) is 19.2 Å². The van der Waals surface area contributed by atoms with Gasteiger partial charge in [-0.05, 0) is 104 Å². The number of carbonyl (C=O) groups is 4. The highest BCUT2D eigenvalue weighted by Crippen LogP contribution is 2.44. The number of hydrogen-bond acceptors (Lipinski definition) is 14. The van der Waals surface area contributed by atoms with Crippen molar-refractivity contribution in [3.05, 3.63) is 136 Å². The second kappa shape index (κ2) is 23.7. The first kappa shape index (κ1) is 53.3. The summed E-state index contributed by atoms with van der Waals surface area (Å²) < 4.78 is 30.9. The number of unbranched alkanes of at least 4 members (excludes halogenated alkanes) is 1. The third-order valence-corrected chi connectivity index (χ3v) is 17.2. The molecule has 4 heterocycles. The first-order valence-electron chi connectivity index (χ1n) is 26.2. The Labute approximate surface area is 457 Å². The van der Waals surface area contributed by atoms with Gasteiger partial charge in [-0.15, -0.1) is 0 Å². The largest absolute Gasteiger partial charge is 0.494 e. The van der Waals surface area contributed by atoms with E-state index in [0.29, 0.717) is 103 Å². The molecule has 4 unspecified atom stereocenters. The molecular weight excluding hydrogens is 1010 g/mol. The molecule has 3 N–H and O–H groups in total. The van der Waals surface area contributed by atoms with Gasteiger partial charge < -0.3 is 34.7 Å². The highest BCUT2D eigenvalue weighted by molar-refractivity contribution is 8.76. The molecule has 0 bridgehead atoms. The summed E-state index contributed by atoms with van der Waals surface area (Å²) in [6, 6.07) is 27.6. The van der Waals surface area contributed by atoms with Crippen molar-refractivity contribution in [3.8, 4) is 28.7 Å². The number of Topliss-reactive ketones (excluding diaryl/α,β-unsaturated/α-hetero) is 1. The summed E-state index contributed by atoms with van der Waals surface area (Å²) in [5.74, 6) is 3.55. The van der Waals surface area contributed by atoms with Crippen molar-refractivity contribution in [2.24, 2.45) is 21.1 Å². The zero-order valence-electron chi connectivity index (χ0n) is 43.9. The summed E-state index contributed by atoms with van der Waals surface area (Å²) in [7, 11) is 6.43. The van der Waals surface area contributed by atoms with E-state index in [-0.39, 0.29) is 54.2 Å². The van der Waals surface area contributed by atoms with Crippen LogP contribution < -0.4 is 44.5 Å². The SMILES string of the molecule is COc1cc2c(cc1OCc1cc(COc3cc4c(cc3OC)C(=O)N3c5ccccc5CC3C=N4)cc(OCCCCC(=O)NCCSSCCC(N)C(=O)C3(C)CC=C(C)C3)c1)N=CC1Cc3ccccc3N1C2=O. The molecule has 10 rings (SSSR count). The van der Waals surface area contributed by atoms with Crippen LogP contribution in [0.3, 0.4) is 0 Å². The van der Waals surface area contributed by atoms with Gasteiger partial charge in [0.2, 0.25) is 5.91 Å². The number of para-hydroxylation sites is 2. The van der Waals surface area contributed by atoms with Crippen LogP contribution >= 0.6 is 21.6 Å². The Balaban J connectivity index is 0.771. The molecule has 4 aliphatic heterocycles. The van der Waals surface area contributed by atoms with Gasteiger partial charge in [-0.2, -0.15) is 0 Å². The molecule has 5 aromatic carbocycles. The van der Waals surface area contributed by atoms with Crippen molar-refractivity contribution in [1.29, 1.82) is 0 Å². The molecule has 17 heteroatoms. The number of methoxy groups -OCH3 is 2. The van der Waals surface area contributed by atoms with Crippen molar-refractivity contribution in [2.75, 3.05) is 48.7 Å². The average molecular weight is 1080 g/mol. The number of benzene rings is 5. The Kier molecular flexibility index (Phi) is 16.4. The molecule has 0 aromatic heterocycles. The van der Waals surface area contributed by atoms with Gasteiger partial charge in [-0.1, -0.05) is 76.6 Å². The van der Waals surface area contributed by atoms with Crippen LogP contribution in [0, 0.1) is 5.41 Å². The minimum Gasteiger partial charge on any atom is -0.494 e. The third-order valence-electron chi connectivity index (χ3n) is 14.7. The highest BCUT2D eigenvalue weighted by Gasteiger charge is 2.40. The summed E-state index contributed by atoms with van der Waals surface area (Å²) >= 11 is 0. The Morgan fingerprint density at radius 3 is 1.84 bits per heavy atom. The molecule has 5 aromatic rings. The predicted molar refractivity (Wildman–Crippen MR) is 305 cm³/mol. The number of amides is 3. The first-order chi connectivity index (χ1) is 37.4. The molecular formula is C60H64N6O9S2. The number of anilines is 2. The van der Waals surface area contributed by atoms with Crippen LogP contribution in [0.5, 0.6) is 28.7 Å². The molecule has 15 nitrogen and oxygen atoms in total. The first-order valence-corrected chi connectivity index (χ1v) is 28.7. The number of ether oxygens (including phenoxy) is 5. The summed E-state index contributed by atoms with van der Waals surface area (Å²) in [5.41, 5.74) is 14.5. The monoisotopic (exact) mass is 1080 g/mol. The van der Waals surface area contributed by atoms with Crippen molar-refractivity contribution in [3.63, 3.8) is 0 Å². The average Bonchev–Trinajstić information content (AvgIpc) is 4.15. The molecule has 0 spiro atoms. The third kappa shape index (κ3) is 11.8. The quantitative estimate of drug-likeness (QED) is 0.0359. The second-order valence-electron chi connectivity index (χ2n) is 20.4. The normalized spacial score (nSPS) is 18.9. The van der Waals surface area contributed by atoms with E-state index in [0.717, 1.165) is 58.0 Å². The van der Waals surface area contributed by atoms with Crippen molar-refractivity contribution >= 4 is 80.3 Å². The fraction of sp³-hybridized carbons (Fsp3) is 0.367. The fourth-order valence-corrected chi connectivity index (χ4v) is 12.8. The number of nitrogens with one attached hydrogen (secondary N) is 1. The van der Waals surface area contributed by atoms with Crippen LogP contribution in [-0.2, 0) is 35.6 Å². The van der Waals surface area contributed by atoms with Gasteiger partial charge in [0, 0.05) is 78.7 Å². The lowest BCUT2D eigenvalue weighted by Gasteiger charge is -2.26. The maximum atomic E-state index is 14.1. The Morgan fingerprint density at radius 2 is 1.30 bits per heavy atom. The molecule has 5 aliphatic rings. The highest BCUT2D eigenvalue weighted by atomic mass is 33.1. The number of allylic oxidation sites excluding steroid dienone is 2. The van der Waals surface area contributed by atoms with E-state index >= 15 is 0 Å². The van der Waals surface area contributed by atoms with E-state index in [1.54, 1.807) is 69.9 Å². The summed E-state index contributed by atoms with van der Waals surface area (Å²) in [4.78, 5) is 67.0. The lowest BCUT2D eigenvalue weighted by Crippen LogP contribution is -2.41. The van der Waals surface area contributed by atoms with Crippen molar-refractivity contribution < 1.29 is 42.9 Å². The number of nitrogens with two attached hydrogens (primary N) is 1. The van der Waals surface area contributed by atoms with Crippen LogP contribution in [0.4, 0.5) is 22.7 Å². The number of rotatable bonds is 23. The molecule has 0 saturated heterocycles. The Hall–Kier alpha value is -7.08. The molecule has 0 saturated carbocycles. The Morgan fingerprint density at radius 1 is 0.740 bits per heavy atom. The zero-order valence-corrected chi connectivity index (χ0v) is 45.5. The van der Waals surface area contributed by atoms with Gasteiger partial charge in [0.05, 0.1) is 61.5 Å². The number of nitrogens with zero attached hydrogens (tertiary/aromatic N) is 4. The summed E-state index contributed by atoms with van der Waals surface area (Å²) in [6.45, 7) is 5.22. The standard InChI is InChI=1S/C60H64N6O9S2/c1-37-16-18-60(2,32-37)57(68)47(61)17-21-76-77-22-19-62-56(67)15-9-10-20-73-44-24-38(35-74-54-30-48-45(28-52(54)71-3)58(69)65-42(33-63-48)26-40-11-5-7-13-50(40)65)23-39(25-44)36-75-55-31-49-46(29-53(55)72-4)59(70)66-43(34-64-49)27-41-12-6-8-14-51(41)66/h5-8,11-14,16,23-25,28-31,33-34,42-43,47H,9-10,15,17-22,26-27,32,35-36,61H2,1-4H3,(H,62,67). The van der Waals surface area contributed by atoms with E-state index in [1.807, 2.05) is 86.1 Å². The lowest BCUT2D eigenvalue weighted by atomic mass is 9.79. The van der Waals surface area contributed by atoms with Crippen molar-refractivity contribution in [1.82, 2.24) is 5.32 Å². The molecule has 0 radical (unpaired) electrons. The molecule has 4 atom stereocenters. The van der Waals surface area contributed by atoms with Crippen LogP contribution in [0.15, 0.2) is 113 Å². The molecule has 0 fully saturated rings. The van der Waals surface area contributed by atoms with Gasteiger partial charge in [0.15, 0.2) is 28.8 Å². The van der Waals surface area contributed by atoms with Crippen LogP contribution in [0.1, 0.15) is 95.3 Å². The number of carbonyl (C=O) groups excluding carboxylic acids is 4. The smallest absolute Gasteiger partial charge is 0.261 e. The minimum absolute atomic E-state index is 0.0153. The number of aliphatic imine (C=N–C) groups is 2. The second-order valence-corrected chi connectivity index (χ2v) is 23.1. The summed E-state index contributed by atoms with van der Waals surface area (Å²) in [6.07, 6.45) is 11.0. The number of hydrogen-bond donors (Lipinski definition) is 2. The van der Waals surface area contributed by atoms with Gasteiger partial charge in [-0.3, -0.25) is 39.0 Å². The molecule has 1 aliphatic carbocycles. The molecule has 3 amide bonds. The van der Waals surface area contributed by atoms with E-state index in [4.69, 9.17) is 39.4 Å². The topological polar surface area (TPSA) is 184 Å². The molecule has 77 heavy (non-hydrogen) atoms.